The third-order valence-electron chi connectivity index (χ3n) is 3.54. The second kappa shape index (κ2) is 6.32. The van der Waals surface area contributed by atoms with Crippen LogP contribution in [0, 0.1) is 0 Å². The molecule has 2 heterocycles. The fraction of sp³-hybridized carbons (Fsp3) is 0.538. The van der Waals surface area contributed by atoms with E-state index in [4.69, 9.17) is 0 Å². The van der Waals surface area contributed by atoms with E-state index in [0.717, 1.165) is 16.7 Å². The molecule has 1 saturated carbocycles. The topological polar surface area (TPSA) is 68.5 Å². The van der Waals surface area contributed by atoms with Gasteiger partial charge in [0.2, 0.25) is 5.16 Å². The van der Waals surface area contributed by atoms with Gasteiger partial charge in [-0.15, -0.1) is 5.10 Å². The zero-order valence-electron chi connectivity index (χ0n) is 11.5. The van der Waals surface area contributed by atoms with E-state index in [2.05, 4.69) is 31.9 Å². The standard InChI is InChI=1S/C13H18N6S/c1-14-9-10-5-4-8-15-12(10)20-13-16-17-18-19(13)11-6-2-3-7-11/h4-5,8,11,14H,2-3,6-7,9H2,1H3. The predicted octanol–water partition coefficient (Wildman–Crippen LogP) is 2.05. The fourth-order valence-corrected chi connectivity index (χ4v) is 3.47. The summed E-state index contributed by atoms with van der Waals surface area (Å²) in [6.45, 7) is 0.793. The van der Waals surface area contributed by atoms with Gasteiger partial charge >= 0.3 is 0 Å². The van der Waals surface area contributed by atoms with Crippen LogP contribution in [-0.2, 0) is 6.54 Å². The molecule has 6 nitrogen and oxygen atoms in total. The van der Waals surface area contributed by atoms with Crippen molar-refractivity contribution in [1.29, 1.82) is 0 Å². The fourth-order valence-electron chi connectivity index (χ4n) is 2.56. The molecule has 0 spiro atoms. The quantitative estimate of drug-likeness (QED) is 0.909. The van der Waals surface area contributed by atoms with E-state index in [-0.39, 0.29) is 0 Å². The van der Waals surface area contributed by atoms with Crippen molar-refractivity contribution in [2.45, 2.75) is 48.5 Å². The molecule has 0 unspecified atom stereocenters. The minimum absolute atomic E-state index is 0.448. The Balaban J connectivity index is 1.83. The van der Waals surface area contributed by atoms with Gasteiger partial charge in [-0.25, -0.2) is 9.67 Å². The SMILES string of the molecule is CNCc1cccnc1Sc1nnnn1C1CCCC1. The highest BCUT2D eigenvalue weighted by molar-refractivity contribution is 7.99. The molecule has 1 aliphatic rings. The maximum Gasteiger partial charge on any atom is 0.215 e. The van der Waals surface area contributed by atoms with Crippen molar-refractivity contribution in [1.82, 2.24) is 30.5 Å². The molecule has 20 heavy (non-hydrogen) atoms. The smallest absolute Gasteiger partial charge is 0.215 e. The summed E-state index contributed by atoms with van der Waals surface area (Å²) in [5, 5.41) is 17.1. The van der Waals surface area contributed by atoms with Crippen LogP contribution in [0.1, 0.15) is 37.3 Å². The number of hydrogen-bond acceptors (Lipinski definition) is 6. The van der Waals surface area contributed by atoms with E-state index < -0.39 is 0 Å². The average molecular weight is 290 g/mol. The van der Waals surface area contributed by atoms with Crippen molar-refractivity contribution in [3.63, 3.8) is 0 Å². The summed E-state index contributed by atoms with van der Waals surface area (Å²) >= 11 is 1.55. The molecule has 1 N–H and O–H groups in total. The molecule has 2 aromatic rings. The number of rotatable bonds is 5. The van der Waals surface area contributed by atoms with Gasteiger partial charge in [-0.05, 0) is 53.7 Å². The van der Waals surface area contributed by atoms with E-state index in [1.807, 2.05) is 24.0 Å². The Hall–Kier alpha value is -1.47. The molecule has 1 fully saturated rings. The predicted molar refractivity (Wildman–Crippen MR) is 76.4 cm³/mol. The second-order valence-electron chi connectivity index (χ2n) is 4.94. The molecule has 0 aliphatic heterocycles. The Morgan fingerprint density at radius 1 is 1.40 bits per heavy atom. The van der Waals surface area contributed by atoms with E-state index in [9.17, 15) is 0 Å². The summed E-state index contributed by atoms with van der Waals surface area (Å²) in [6, 6.07) is 4.48. The molecule has 3 rings (SSSR count). The highest BCUT2D eigenvalue weighted by Gasteiger charge is 2.22. The summed E-state index contributed by atoms with van der Waals surface area (Å²) in [6.07, 6.45) is 6.69. The summed E-state index contributed by atoms with van der Waals surface area (Å²) in [5.74, 6) is 0. The molecule has 0 radical (unpaired) electrons. The third-order valence-corrected chi connectivity index (χ3v) is 4.55. The summed E-state index contributed by atoms with van der Waals surface area (Å²) in [5.41, 5.74) is 1.17. The maximum absolute atomic E-state index is 4.45. The molecule has 106 valence electrons. The number of tetrazole rings is 1. The van der Waals surface area contributed by atoms with Crippen LogP contribution in [0.15, 0.2) is 28.5 Å². The Morgan fingerprint density at radius 3 is 3.05 bits per heavy atom. The van der Waals surface area contributed by atoms with Gasteiger partial charge in [0.15, 0.2) is 0 Å². The summed E-state index contributed by atoms with van der Waals surface area (Å²) < 4.78 is 1.97. The van der Waals surface area contributed by atoms with Gasteiger partial charge in [0.1, 0.15) is 5.03 Å². The zero-order valence-corrected chi connectivity index (χ0v) is 12.3. The average Bonchev–Trinajstić information content (AvgIpc) is 3.11. The van der Waals surface area contributed by atoms with Gasteiger partial charge in [-0.3, -0.25) is 0 Å². The zero-order chi connectivity index (χ0) is 13.8. The van der Waals surface area contributed by atoms with Crippen LogP contribution in [-0.4, -0.2) is 32.2 Å². The highest BCUT2D eigenvalue weighted by Crippen LogP contribution is 2.33. The van der Waals surface area contributed by atoms with Crippen molar-refractivity contribution in [2.75, 3.05) is 7.05 Å². The minimum atomic E-state index is 0.448. The van der Waals surface area contributed by atoms with Crippen LogP contribution >= 0.6 is 11.8 Å². The van der Waals surface area contributed by atoms with Crippen molar-refractivity contribution in [3.8, 4) is 0 Å². The first-order valence-electron chi connectivity index (χ1n) is 6.92. The van der Waals surface area contributed by atoms with Crippen LogP contribution in [0.25, 0.3) is 0 Å². The van der Waals surface area contributed by atoms with E-state index in [1.54, 1.807) is 11.8 Å². The number of nitrogens with zero attached hydrogens (tertiary/aromatic N) is 5. The van der Waals surface area contributed by atoms with E-state index >= 15 is 0 Å². The lowest BCUT2D eigenvalue weighted by molar-refractivity contribution is 0.423. The van der Waals surface area contributed by atoms with Crippen LogP contribution in [0.5, 0.6) is 0 Å². The lowest BCUT2D eigenvalue weighted by Crippen LogP contribution is -2.09. The van der Waals surface area contributed by atoms with Gasteiger partial charge in [0, 0.05) is 12.7 Å². The van der Waals surface area contributed by atoms with Crippen molar-refractivity contribution in [2.24, 2.45) is 0 Å². The van der Waals surface area contributed by atoms with Crippen LogP contribution < -0.4 is 5.32 Å². The largest absolute Gasteiger partial charge is 0.316 e. The lowest BCUT2D eigenvalue weighted by Gasteiger charge is -2.11. The Morgan fingerprint density at radius 2 is 2.25 bits per heavy atom. The third kappa shape index (κ3) is 2.83. The first kappa shape index (κ1) is 13.5. The lowest BCUT2D eigenvalue weighted by atomic mass is 10.3. The molecule has 1 aliphatic carbocycles. The molecule has 0 saturated heterocycles. The molecule has 0 amide bonds. The first-order chi connectivity index (χ1) is 9.88. The first-order valence-corrected chi connectivity index (χ1v) is 7.74. The monoisotopic (exact) mass is 290 g/mol. The summed E-state index contributed by atoms with van der Waals surface area (Å²) in [7, 11) is 1.93. The van der Waals surface area contributed by atoms with Gasteiger partial charge < -0.3 is 5.32 Å². The molecule has 0 atom stereocenters. The van der Waals surface area contributed by atoms with Crippen LogP contribution in [0.3, 0.4) is 0 Å². The van der Waals surface area contributed by atoms with Crippen molar-refractivity contribution in [3.05, 3.63) is 23.9 Å². The maximum atomic E-state index is 4.45. The van der Waals surface area contributed by atoms with Crippen molar-refractivity contribution < 1.29 is 0 Å². The normalized spacial score (nSPS) is 15.8. The van der Waals surface area contributed by atoms with Gasteiger partial charge in [-0.1, -0.05) is 18.9 Å². The van der Waals surface area contributed by atoms with Crippen LogP contribution in [0.2, 0.25) is 0 Å². The molecular formula is C13H18N6S. The number of pyridine rings is 1. The summed E-state index contributed by atoms with van der Waals surface area (Å²) in [4.78, 5) is 4.45. The Kier molecular flexibility index (Phi) is 4.27. The number of aromatic nitrogens is 5. The van der Waals surface area contributed by atoms with Gasteiger partial charge in [-0.2, -0.15) is 0 Å². The molecule has 0 bridgehead atoms. The molecule has 2 aromatic heterocycles. The van der Waals surface area contributed by atoms with E-state index in [0.29, 0.717) is 6.04 Å². The van der Waals surface area contributed by atoms with E-state index in [1.165, 1.54) is 31.2 Å². The van der Waals surface area contributed by atoms with Gasteiger partial charge in [0.05, 0.1) is 6.04 Å². The number of hydrogen-bond donors (Lipinski definition) is 1. The van der Waals surface area contributed by atoms with Crippen LogP contribution in [0.4, 0.5) is 0 Å². The minimum Gasteiger partial charge on any atom is -0.316 e. The Labute approximate surface area is 122 Å². The van der Waals surface area contributed by atoms with Crippen molar-refractivity contribution >= 4 is 11.8 Å². The van der Waals surface area contributed by atoms with Gasteiger partial charge in [0.25, 0.3) is 0 Å². The second-order valence-corrected chi connectivity index (χ2v) is 5.90. The molecule has 7 heteroatoms. The Bertz CT molecular complexity index is 563. The molecule has 0 aromatic carbocycles. The number of nitrogens with one attached hydrogen (secondary N) is 1. The molecular weight excluding hydrogens is 272 g/mol. The highest BCUT2D eigenvalue weighted by atomic mass is 32.2.